The summed E-state index contributed by atoms with van der Waals surface area (Å²) in [5.41, 5.74) is 1.59. The second-order valence-corrected chi connectivity index (χ2v) is 8.46. The van der Waals surface area contributed by atoms with Crippen molar-refractivity contribution in [3.8, 4) is 11.8 Å². The third-order valence-electron chi connectivity index (χ3n) is 3.87. The molecule has 0 spiro atoms. The van der Waals surface area contributed by atoms with Gasteiger partial charge in [0, 0.05) is 0 Å². The molecule has 136 valence electrons. The monoisotopic (exact) mass is 369 g/mol. The third-order valence-corrected chi connectivity index (χ3v) is 5.55. The summed E-state index contributed by atoms with van der Waals surface area (Å²) in [4.78, 5) is -0.167. The SMILES string of the molecule is Cc1ccc(S(=O)(=O)/C(C#N)=C\c2ccc(OCCC(C)C)cc2)cc1. The first-order valence-corrected chi connectivity index (χ1v) is 9.97. The highest BCUT2D eigenvalue weighted by molar-refractivity contribution is 7.95. The minimum Gasteiger partial charge on any atom is -0.494 e. The van der Waals surface area contributed by atoms with Crippen molar-refractivity contribution in [2.75, 3.05) is 6.61 Å². The van der Waals surface area contributed by atoms with E-state index in [1.807, 2.05) is 13.0 Å². The van der Waals surface area contributed by atoms with E-state index < -0.39 is 9.84 Å². The first kappa shape index (κ1) is 19.7. The number of aryl methyl sites for hydroxylation is 1. The number of nitrogens with zero attached hydrogens (tertiary/aromatic N) is 1. The Hall–Kier alpha value is -2.58. The molecule has 0 aliphatic carbocycles. The maximum absolute atomic E-state index is 12.6. The molecule has 4 nitrogen and oxygen atoms in total. The van der Waals surface area contributed by atoms with E-state index in [1.165, 1.54) is 18.2 Å². The van der Waals surface area contributed by atoms with Crippen molar-refractivity contribution in [1.82, 2.24) is 0 Å². The number of ether oxygens (including phenoxy) is 1. The second kappa shape index (κ2) is 8.68. The Morgan fingerprint density at radius 3 is 2.27 bits per heavy atom. The smallest absolute Gasteiger partial charge is 0.216 e. The first-order chi connectivity index (χ1) is 12.3. The van der Waals surface area contributed by atoms with Gasteiger partial charge in [0.25, 0.3) is 0 Å². The average molecular weight is 369 g/mol. The van der Waals surface area contributed by atoms with Gasteiger partial charge in [0.15, 0.2) is 0 Å². The number of hydrogen-bond acceptors (Lipinski definition) is 4. The summed E-state index contributed by atoms with van der Waals surface area (Å²) in [6, 6.07) is 15.3. The summed E-state index contributed by atoms with van der Waals surface area (Å²) in [6.45, 7) is 6.78. The lowest BCUT2D eigenvalue weighted by atomic mass is 10.1. The fourth-order valence-corrected chi connectivity index (χ4v) is 3.40. The van der Waals surface area contributed by atoms with Crippen LogP contribution in [-0.2, 0) is 9.84 Å². The van der Waals surface area contributed by atoms with Crippen LogP contribution in [0.3, 0.4) is 0 Å². The third kappa shape index (κ3) is 5.21. The Morgan fingerprint density at radius 2 is 1.73 bits per heavy atom. The number of nitriles is 1. The fourth-order valence-electron chi connectivity index (χ4n) is 2.24. The molecule has 0 N–H and O–H groups in total. The van der Waals surface area contributed by atoms with E-state index in [0.717, 1.165) is 17.7 Å². The molecule has 2 rings (SSSR count). The van der Waals surface area contributed by atoms with Crippen LogP contribution in [0.15, 0.2) is 58.3 Å². The summed E-state index contributed by atoms with van der Waals surface area (Å²) < 4.78 is 30.9. The molecule has 0 fully saturated rings. The zero-order valence-electron chi connectivity index (χ0n) is 15.3. The lowest BCUT2D eigenvalue weighted by molar-refractivity contribution is 0.289. The van der Waals surface area contributed by atoms with Gasteiger partial charge in [-0.05, 0) is 55.2 Å². The van der Waals surface area contributed by atoms with Crippen LogP contribution in [0.4, 0.5) is 0 Å². The van der Waals surface area contributed by atoms with E-state index >= 15 is 0 Å². The van der Waals surface area contributed by atoms with Crippen LogP contribution in [-0.4, -0.2) is 15.0 Å². The molecule has 0 saturated heterocycles. The highest BCUT2D eigenvalue weighted by Gasteiger charge is 2.20. The number of benzene rings is 2. The molecule has 0 heterocycles. The Kier molecular flexibility index (Phi) is 6.59. The maximum atomic E-state index is 12.6. The summed E-state index contributed by atoms with van der Waals surface area (Å²) in [5, 5.41) is 9.34. The Labute approximate surface area is 155 Å². The van der Waals surface area contributed by atoms with Crippen LogP contribution in [0.1, 0.15) is 31.4 Å². The zero-order chi connectivity index (χ0) is 19.2. The van der Waals surface area contributed by atoms with Crippen molar-refractivity contribution in [3.63, 3.8) is 0 Å². The molecule has 0 unspecified atom stereocenters. The van der Waals surface area contributed by atoms with Crippen LogP contribution in [0.2, 0.25) is 0 Å². The van der Waals surface area contributed by atoms with E-state index in [2.05, 4.69) is 13.8 Å². The van der Waals surface area contributed by atoms with E-state index in [1.54, 1.807) is 36.4 Å². The molecule has 0 aliphatic heterocycles. The van der Waals surface area contributed by atoms with Gasteiger partial charge in [0.2, 0.25) is 9.84 Å². The van der Waals surface area contributed by atoms with E-state index in [0.29, 0.717) is 18.1 Å². The maximum Gasteiger partial charge on any atom is 0.216 e. The fraction of sp³-hybridized carbons (Fsp3) is 0.286. The van der Waals surface area contributed by atoms with Crippen molar-refractivity contribution >= 4 is 15.9 Å². The molecule has 0 radical (unpaired) electrons. The molecule has 0 amide bonds. The van der Waals surface area contributed by atoms with Crippen molar-refractivity contribution in [3.05, 3.63) is 64.6 Å². The van der Waals surface area contributed by atoms with Crippen LogP contribution in [0.5, 0.6) is 5.75 Å². The standard InChI is InChI=1S/C21H23NO3S/c1-16(2)12-13-25-19-8-6-18(7-9-19)14-21(15-22)26(23,24)20-10-4-17(3)5-11-20/h4-11,14,16H,12-13H2,1-3H3/b21-14-. The van der Waals surface area contributed by atoms with Gasteiger partial charge in [-0.15, -0.1) is 0 Å². The molecule has 2 aromatic rings. The van der Waals surface area contributed by atoms with Gasteiger partial charge in [-0.2, -0.15) is 5.26 Å². The summed E-state index contributed by atoms with van der Waals surface area (Å²) in [5.74, 6) is 1.30. The number of sulfone groups is 1. The molecule has 0 saturated carbocycles. The van der Waals surface area contributed by atoms with Crippen LogP contribution in [0, 0.1) is 24.2 Å². The van der Waals surface area contributed by atoms with E-state index in [4.69, 9.17) is 4.74 Å². The van der Waals surface area contributed by atoms with Gasteiger partial charge < -0.3 is 4.74 Å². The van der Waals surface area contributed by atoms with Crippen LogP contribution >= 0.6 is 0 Å². The van der Waals surface area contributed by atoms with Gasteiger partial charge >= 0.3 is 0 Å². The molecule has 0 atom stereocenters. The highest BCUT2D eigenvalue weighted by atomic mass is 32.2. The topological polar surface area (TPSA) is 67.2 Å². The predicted molar refractivity (Wildman–Crippen MR) is 103 cm³/mol. The molecule has 5 heteroatoms. The minimum atomic E-state index is -3.83. The quantitative estimate of drug-likeness (QED) is 0.660. The average Bonchev–Trinajstić information content (AvgIpc) is 2.61. The number of rotatable bonds is 7. The largest absolute Gasteiger partial charge is 0.494 e. The first-order valence-electron chi connectivity index (χ1n) is 8.49. The molecular weight excluding hydrogens is 346 g/mol. The zero-order valence-corrected chi connectivity index (χ0v) is 16.1. The van der Waals surface area contributed by atoms with Gasteiger partial charge in [0.05, 0.1) is 11.5 Å². The number of hydrogen-bond donors (Lipinski definition) is 0. The normalized spacial score (nSPS) is 12.0. The molecule has 26 heavy (non-hydrogen) atoms. The molecular formula is C21H23NO3S. The minimum absolute atomic E-state index is 0.115. The van der Waals surface area contributed by atoms with Crippen molar-refractivity contribution in [1.29, 1.82) is 5.26 Å². The van der Waals surface area contributed by atoms with Gasteiger partial charge in [-0.1, -0.05) is 43.7 Å². The summed E-state index contributed by atoms with van der Waals surface area (Å²) in [6.07, 6.45) is 2.35. The Bertz CT molecular complexity index is 903. The molecule has 0 aliphatic rings. The second-order valence-electron chi connectivity index (χ2n) is 6.54. The molecule has 0 aromatic heterocycles. The van der Waals surface area contributed by atoms with E-state index in [9.17, 15) is 13.7 Å². The van der Waals surface area contributed by atoms with Gasteiger partial charge in [-0.25, -0.2) is 8.42 Å². The summed E-state index contributed by atoms with van der Waals surface area (Å²) in [7, 11) is -3.83. The summed E-state index contributed by atoms with van der Waals surface area (Å²) >= 11 is 0. The number of allylic oxidation sites excluding steroid dienone is 1. The van der Waals surface area contributed by atoms with Crippen LogP contribution < -0.4 is 4.74 Å². The molecule has 2 aromatic carbocycles. The van der Waals surface area contributed by atoms with Gasteiger partial charge in [0.1, 0.15) is 16.7 Å². The highest BCUT2D eigenvalue weighted by Crippen LogP contribution is 2.22. The lowest BCUT2D eigenvalue weighted by Gasteiger charge is -2.08. The van der Waals surface area contributed by atoms with Crippen molar-refractivity contribution in [2.45, 2.75) is 32.1 Å². The van der Waals surface area contributed by atoms with Crippen molar-refractivity contribution < 1.29 is 13.2 Å². The Balaban J connectivity index is 2.20. The molecule has 0 bridgehead atoms. The van der Waals surface area contributed by atoms with Crippen molar-refractivity contribution in [2.24, 2.45) is 5.92 Å². The lowest BCUT2D eigenvalue weighted by Crippen LogP contribution is -2.03. The predicted octanol–water partition coefficient (Wildman–Crippen LogP) is 4.76. The van der Waals surface area contributed by atoms with Crippen LogP contribution in [0.25, 0.3) is 6.08 Å². The van der Waals surface area contributed by atoms with E-state index in [-0.39, 0.29) is 9.80 Å². The van der Waals surface area contributed by atoms with Gasteiger partial charge in [-0.3, -0.25) is 0 Å². The Morgan fingerprint density at radius 1 is 1.12 bits per heavy atom.